The van der Waals surface area contributed by atoms with Crippen molar-refractivity contribution < 1.29 is 9.84 Å². The molecular weight excluding hydrogens is 188 g/mol. The second-order valence-corrected chi connectivity index (χ2v) is 5.27. The molecule has 3 unspecified atom stereocenters. The summed E-state index contributed by atoms with van der Waals surface area (Å²) in [5.74, 6) is 0.398. The molecule has 1 N–H and O–H groups in total. The molecule has 0 radical (unpaired) electrons. The standard InChI is InChI=1S/C13H24O2/c1-3-10-9-11(12(4-2)15-10)13(14)7-5-6-8-13/h10-12,14H,3-9H2,1-2H3. The lowest BCUT2D eigenvalue weighted by atomic mass is 9.79. The fourth-order valence-electron chi connectivity index (χ4n) is 3.40. The van der Waals surface area contributed by atoms with Gasteiger partial charge in [0.2, 0.25) is 0 Å². The average molecular weight is 212 g/mol. The number of aliphatic hydroxyl groups is 1. The monoisotopic (exact) mass is 212 g/mol. The number of rotatable bonds is 3. The van der Waals surface area contributed by atoms with Gasteiger partial charge in [-0.2, -0.15) is 0 Å². The highest BCUT2D eigenvalue weighted by Crippen LogP contribution is 2.45. The van der Waals surface area contributed by atoms with Gasteiger partial charge in [-0.15, -0.1) is 0 Å². The molecule has 0 aromatic carbocycles. The molecule has 1 aliphatic heterocycles. The predicted molar refractivity (Wildman–Crippen MR) is 60.8 cm³/mol. The van der Waals surface area contributed by atoms with E-state index in [1.165, 1.54) is 12.8 Å². The van der Waals surface area contributed by atoms with Crippen LogP contribution >= 0.6 is 0 Å². The summed E-state index contributed by atoms with van der Waals surface area (Å²) < 4.78 is 5.99. The van der Waals surface area contributed by atoms with Crippen LogP contribution < -0.4 is 0 Å². The van der Waals surface area contributed by atoms with Gasteiger partial charge in [0, 0.05) is 5.92 Å². The van der Waals surface area contributed by atoms with E-state index in [4.69, 9.17) is 4.74 Å². The molecule has 15 heavy (non-hydrogen) atoms. The first-order valence-corrected chi connectivity index (χ1v) is 6.57. The fourth-order valence-corrected chi connectivity index (χ4v) is 3.40. The lowest BCUT2D eigenvalue weighted by molar-refractivity contribution is -0.0514. The fraction of sp³-hybridized carbons (Fsp3) is 1.00. The number of ether oxygens (including phenoxy) is 1. The Balaban J connectivity index is 2.06. The maximum Gasteiger partial charge on any atom is 0.0701 e. The van der Waals surface area contributed by atoms with E-state index in [0.717, 1.165) is 32.1 Å². The predicted octanol–water partition coefficient (Wildman–Crippen LogP) is 2.89. The normalized spacial score (nSPS) is 39.8. The summed E-state index contributed by atoms with van der Waals surface area (Å²) in [5.41, 5.74) is -0.398. The molecule has 1 saturated heterocycles. The van der Waals surface area contributed by atoms with E-state index in [1.807, 2.05) is 0 Å². The van der Waals surface area contributed by atoms with Crippen molar-refractivity contribution in [1.82, 2.24) is 0 Å². The largest absolute Gasteiger partial charge is 0.390 e. The van der Waals surface area contributed by atoms with Crippen LogP contribution in [0.1, 0.15) is 58.8 Å². The van der Waals surface area contributed by atoms with Gasteiger partial charge in [0.25, 0.3) is 0 Å². The molecule has 2 rings (SSSR count). The van der Waals surface area contributed by atoms with Crippen LogP contribution in [0.2, 0.25) is 0 Å². The maximum absolute atomic E-state index is 10.6. The molecule has 1 heterocycles. The van der Waals surface area contributed by atoms with Gasteiger partial charge in [0.15, 0.2) is 0 Å². The Morgan fingerprint density at radius 1 is 1.20 bits per heavy atom. The van der Waals surface area contributed by atoms with Gasteiger partial charge in [0.1, 0.15) is 0 Å². The highest BCUT2D eigenvalue weighted by molar-refractivity contribution is 4.98. The van der Waals surface area contributed by atoms with E-state index >= 15 is 0 Å². The first-order valence-electron chi connectivity index (χ1n) is 6.57. The third-order valence-electron chi connectivity index (χ3n) is 4.35. The quantitative estimate of drug-likeness (QED) is 0.779. The Bertz CT molecular complexity index is 209. The first kappa shape index (κ1) is 11.4. The third kappa shape index (κ3) is 2.07. The van der Waals surface area contributed by atoms with Crippen molar-refractivity contribution in [3.63, 3.8) is 0 Å². The van der Waals surface area contributed by atoms with Crippen LogP contribution in [0, 0.1) is 5.92 Å². The Kier molecular flexibility index (Phi) is 3.36. The molecule has 2 aliphatic rings. The summed E-state index contributed by atoms with van der Waals surface area (Å²) in [6.45, 7) is 4.35. The SMILES string of the molecule is CCC1CC(C2(O)CCCC2)C(CC)O1. The van der Waals surface area contributed by atoms with E-state index < -0.39 is 5.60 Å². The molecule has 0 amide bonds. The van der Waals surface area contributed by atoms with Crippen molar-refractivity contribution >= 4 is 0 Å². The van der Waals surface area contributed by atoms with Crippen molar-refractivity contribution in [3.05, 3.63) is 0 Å². The minimum atomic E-state index is -0.398. The molecule has 0 aromatic rings. The highest BCUT2D eigenvalue weighted by Gasteiger charge is 2.47. The molecule has 1 aliphatic carbocycles. The minimum absolute atomic E-state index is 0.304. The molecule has 0 bridgehead atoms. The number of hydrogen-bond acceptors (Lipinski definition) is 2. The van der Waals surface area contributed by atoms with Crippen molar-refractivity contribution in [3.8, 4) is 0 Å². The van der Waals surface area contributed by atoms with Gasteiger partial charge in [0.05, 0.1) is 17.8 Å². The highest BCUT2D eigenvalue weighted by atomic mass is 16.5. The molecule has 0 spiro atoms. The van der Waals surface area contributed by atoms with Crippen LogP contribution in [-0.4, -0.2) is 22.9 Å². The van der Waals surface area contributed by atoms with Gasteiger partial charge >= 0.3 is 0 Å². The van der Waals surface area contributed by atoms with E-state index in [2.05, 4.69) is 13.8 Å². The third-order valence-corrected chi connectivity index (χ3v) is 4.35. The van der Waals surface area contributed by atoms with Gasteiger partial charge < -0.3 is 9.84 Å². The zero-order valence-electron chi connectivity index (χ0n) is 10.0. The maximum atomic E-state index is 10.6. The summed E-state index contributed by atoms with van der Waals surface area (Å²) in [6.07, 6.45) is 8.28. The topological polar surface area (TPSA) is 29.5 Å². The van der Waals surface area contributed by atoms with Crippen LogP contribution in [0.5, 0.6) is 0 Å². The van der Waals surface area contributed by atoms with E-state index in [0.29, 0.717) is 18.1 Å². The van der Waals surface area contributed by atoms with Crippen LogP contribution in [0.15, 0.2) is 0 Å². The lowest BCUT2D eigenvalue weighted by Crippen LogP contribution is -2.39. The Morgan fingerprint density at radius 2 is 1.87 bits per heavy atom. The lowest BCUT2D eigenvalue weighted by Gasteiger charge is -2.32. The second kappa shape index (κ2) is 4.42. The summed E-state index contributed by atoms with van der Waals surface area (Å²) in [6, 6.07) is 0. The van der Waals surface area contributed by atoms with Crippen LogP contribution in [0.3, 0.4) is 0 Å². The molecular formula is C13H24O2. The van der Waals surface area contributed by atoms with Crippen LogP contribution in [0.25, 0.3) is 0 Å². The van der Waals surface area contributed by atoms with E-state index in [1.54, 1.807) is 0 Å². The Hall–Kier alpha value is -0.0800. The summed E-state index contributed by atoms with van der Waals surface area (Å²) in [4.78, 5) is 0. The number of hydrogen-bond donors (Lipinski definition) is 1. The van der Waals surface area contributed by atoms with Gasteiger partial charge in [-0.05, 0) is 32.1 Å². The smallest absolute Gasteiger partial charge is 0.0701 e. The minimum Gasteiger partial charge on any atom is -0.390 e. The van der Waals surface area contributed by atoms with E-state index in [9.17, 15) is 5.11 Å². The zero-order chi connectivity index (χ0) is 10.9. The van der Waals surface area contributed by atoms with Crippen molar-refractivity contribution in [2.24, 2.45) is 5.92 Å². The van der Waals surface area contributed by atoms with Crippen LogP contribution in [0.4, 0.5) is 0 Å². The molecule has 2 fully saturated rings. The van der Waals surface area contributed by atoms with Gasteiger partial charge in [-0.1, -0.05) is 26.7 Å². The summed E-state index contributed by atoms with van der Waals surface area (Å²) in [7, 11) is 0. The average Bonchev–Trinajstić information content (AvgIpc) is 2.84. The van der Waals surface area contributed by atoms with Gasteiger partial charge in [-0.3, -0.25) is 0 Å². The van der Waals surface area contributed by atoms with Crippen molar-refractivity contribution in [2.75, 3.05) is 0 Å². The molecule has 1 saturated carbocycles. The Labute approximate surface area is 93.0 Å². The molecule has 2 heteroatoms. The first-order chi connectivity index (χ1) is 7.19. The molecule has 0 aromatic heterocycles. The molecule has 2 nitrogen and oxygen atoms in total. The molecule has 88 valence electrons. The van der Waals surface area contributed by atoms with Crippen molar-refractivity contribution in [1.29, 1.82) is 0 Å². The molecule has 3 atom stereocenters. The Morgan fingerprint density at radius 3 is 2.40 bits per heavy atom. The van der Waals surface area contributed by atoms with Crippen molar-refractivity contribution in [2.45, 2.75) is 76.6 Å². The second-order valence-electron chi connectivity index (χ2n) is 5.27. The summed E-state index contributed by atoms with van der Waals surface area (Å²) in [5, 5.41) is 10.6. The zero-order valence-corrected chi connectivity index (χ0v) is 10.0. The van der Waals surface area contributed by atoms with Crippen LogP contribution in [-0.2, 0) is 4.74 Å². The van der Waals surface area contributed by atoms with Gasteiger partial charge in [-0.25, -0.2) is 0 Å². The summed E-state index contributed by atoms with van der Waals surface area (Å²) >= 11 is 0. The van der Waals surface area contributed by atoms with E-state index in [-0.39, 0.29) is 0 Å².